The molecule has 0 unspecified atom stereocenters. The molecule has 2 aromatic carbocycles. The van der Waals surface area contributed by atoms with Crippen LogP contribution >= 0.6 is 0 Å². The summed E-state index contributed by atoms with van der Waals surface area (Å²) in [5.74, 6) is 5.37. The number of carbonyl (C=O) groups is 1. The zero-order chi connectivity index (χ0) is 18.3. The molecule has 0 radical (unpaired) electrons. The largest absolute Gasteiger partial charge is 0.344 e. The Morgan fingerprint density at radius 2 is 1.72 bits per heavy atom. The van der Waals surface area contributed by atoms with Gasteiger partial charge in [-0.3, -0.25) is 9.10 Å². The number of rotatable bonds is 5. The molecule has 0 aromatic heterocycles. The molecule has 0 saturated carbocycles. The van der Waals surface area contributed by atoms with Gasteiger partial charge in [-0.25, -0.2) is 8.42 Å². The van der Waals surface area contributed by atoms with Crippen LogP contribution in [0.25, 0.3) is 0 Å². The Morgan fingerprint density at radius 1 is 1.08 bits per heavy atom. The normalized spacial score (nSPS) is 10.5. The third-order valence-electron chi connectivity index (χ3n) is 3.45. The maximum absolute atomic E-state index is 12.1. The topological polar surface area (TPSA) is 66.5 Å². The van der Waals surface area contributed by atoms with Gasteiger partial charge in [0.05, 0.1) is 18.5 Å². The van der Waals surface area contributed by atoms with Crippen LogP contribution in [-0.4, -0.2) is 33.7 Å². The number of amides is 1. The smallest absolute Gasteiger partial charge is 0.241 e. The highest BCUT2D eigenvalue weighted by Crippen LogP contribution is 2.21. The molecule has 0 spiro atoms. The Balaban J connectivity index is 2.01. The van der Waals surface area contributed by atoms with Gasteiger partial charge in [-0.1, -0.05) is 48.2 Å². The zero-order valence-corrected chi connectivity index (χ0v) is 15.0. The van der Waals surface area contributed by atoms with Gasteiger partial charge in [0.1, 0.15) is 6.54 Å². The standard InChI is InChI=1S/C19H20N2O3S/c1-16-9-6-7-13-18(16)21(25(2,23)24)15-19(22)20-14-8-12-17-10-4-3-5-11-17/h3-7,9-11,13H,14-15H2,1-2H3,(H,20,22). The van der Waals surface area contributed by atoms with Gasteiger partial charge in [0.15, 0.2) is 0 Å². The first kappa shape index (κ1) is 18.6. The molecule has 0 atom stereocenters. The lowest BCUT2D eigenvalue weighted by Crippen LogP contribution is -2.40. The van der Waals surface area contributed by atoms with Crippen molar-refractivity contribution < 1.29 is 13.2 Å². The Morgan fingerprint density at radius 3 is 2.36 bits per heavy atom. The summed E-state index contributed by atoms with van der Waals surface area (Å²) in [6.45, 7) is 1.67. The summed E-state index contributed by atoms with van der Waals surface area (Å²) in [5.41, 5.74) is 2.13. The van der Waals surface area contributed by atoms with Gasteiger partial charge < -0.3 is 5.32 Å². The number of nitrogens with zero attached hydrogens (tertiary/aromatic N) is 1. The lowest BCUT2D eigenvalue weighted by molar-refractivity contribution is -0.119. The predicted molar refractivity (Wildman–Crippen MR) is 99.7 cm³/mol. The first-order valence-electron chi connectivity index (χ1n) is 7.72. The second-order valence-corrected chi connectivity index (χ2v) is 7.41. The van der Waals surface area contributed by atoms with Crippen LogP contribution in [0.4, 0.5) is 5.69 Å². The SMILES string of the molecule is Cc1ccccc1N(CC(=O)NCC#Cc1ccccc1)S(C)(=O)=O. The van der Waals surface area contributed by atoms with E-state index < -0.39 is 15.9 Å². The number of aryl methyl sites for hydroxylation is 1. The number of benzene rings is 2. The van der Waals surface area contributed by atoms with E-state index in [4.69, 9.17) is 0 Å². The Bertz CT molecular complexity index is 897. The molecule has 130 valence electrons. The van der Waals surface area contributed by atoms with E-state index in [0.29, 0.717) is 5.69 Å². The third-order valence-corrected chi connectivity index (χ3v) is 4.58. The predicted octanol–water partition coefficient (Wildman–Crippen LogP) is 1.93. The van der Waals surface area contributed by atoms with E-state index in [9.17, 15) is 13.2 Å². The van der Waals surface area contributed by atoms with Gasteiger partial charge in [-0.2, -0.15) is 0 Å². The van der Waals surface area contributed by atoms with Gasteiger partial charge in [-0.15, -0.1) is 0 Å². The molecular formula is C19H20N2O3S. The van der Waals surface area contributed by atoms with Gasteiger partial charge >= 0.3 is 0 Å². The summed E-state index contributed by atoms with van der Waals surface area (Å²) in [7, 11) is -3.57. The van der Waals surface area contributed by atoms with Crippen LogP contribution in [0.5, 0.6) is 0 Å². The van der Waals surface area contributed by atoms with Crippen LogP contribution in [-0.2, 0) is 14.8 Å². The molecule has 1 N–H and O–H groups in total. The number of nitrogens with one attached hydrogen (secondary N) is 1. The molecule has 0 aliphatic rings. The van der Waals surface area contributed by atoms with Crippen molar-refractivity contribution in [1.29, 1.82) is 0 Å². The van der Waals surface area contributed by atoms with Gasteiger partial charge in [0.25, 0.3) is 0 Å². The van der Waals surface area contributed by atoms with Gasteiger partial charge in [0.2, 0.25) is 15.9 Å². The lowest BCUT2D eigenvalue weighted by Gasteiger charge is -2.23. The molecule has 0 saturated heterocycles. The fourth-order valence-electron chi connectivity index (χ4n) is 2.22. The minimum atomic E-state index is -3.57. The van der Waals surface area contributed by atoms with Crippen LogP contribution in [0.15, 0.2) is 54.6 Å². The molecule has 6 heteroatoms. The minimum Gasteiger partial charge on any atom is -0.344 e. The van der Waals surface area contributed by atoms with E-state index in [0.717, 1.165) is 21.7 Å². The highest BCUT2D eigenvalue weighted by Gasteiger charge is 2.21. The fraction of sp³-hybridized carbons (Fsp3) is 0.211. The number of carbonyl (C=O) groups excluding carboxylic acids is 1. The molecule has 2 aromatic rings. The van der Waals surface area contributed by atoms with E-state index in [1.54, 1.807) is 25.1 Å². The number of sulfonamides is 1. The van der Waals surface area contributed by atoms with Crippen molar-refractivity contribution in [2.45, 2.75) is 6.92 Å². The molecule has 5 nitrogen and oxygen atoms in total. The molecule has 0 aliphatic heterocycles. The molecular weight excluding hydrogens is 336 g/mol. The summed E-state index contributed by atoms with van der Waals surface area (Å²) in [4.78, 5) is 12.1. The number of para-hydroxylation sites is 1. The maximum atomic E-state index is 12.1. The van der Waals surface area contributed by atoms with Gasteiger partial charge in [0, 0.05) is 5.56 Å². The Labute approximate surface area is 148 Å². The summed E-state index contributed by atoms with van der Waals surface area (Å²) in [6, 6.07) is 16.5. The van der Waals surface area contributed by atoms with Crippen molar-refractivity contribution in [2.24, 2.45) is 0 Å². The Kier molecular flexibility index (Phi) is 6.20. The number of hydrogen-bond acceptors (Lipinski definition) is 3. The van der Waals surface area contributed by atoms with Crippen LogP contribution in [0.1, 0.15) is 11.1 Å². The van der Waals surface area contributed by atoms with Crippen molar-refractivity contribution in [3.63, 3.8) is 0 Å². The highest BCUT2D eigenvalue weighted by atomic mass is 32.2. The van der Waals surface area contributed by atoms with Crippen molar-refractivity contribution >= 4 is 21.6 Å². The summed E-state index contributed by atoms with van der Waals surface area (Å²) >= 11 is 0. The Hall–Kier alpha value is -2.78. The molecule has 0 bridgehead atoms. The molecule has 2 rings (SSSR count). The zero-order valence-electron chi connectivity index (χ0n) is 14.2. The quantitative estimate of drug-likeness (QED) is 0.833. The van der Waals surface area contributed by atoms with E-state index in [1.807, 2.05) is 36.4 Å². The summed E-state index contributed by atoms with van der Waals surface area (Å²) in [6.07, 6.45) is 1.09. The molecule has 25 heavy (non-hydrogen) atoms. The molecule has 1 amide bonds. The van der Waals surface area contributed by atoms with Crippen LogP contribution in [0.2, 0.25) is 0 Å². The second kappa shape index (κ2) is 8.36. The second-order valence-electron chi connectivity index (χ2n) is 5.50. The average molecular weight is 356 g/mol. The lowest BCUT2D eigenvalue weighted by atomic mass is 10.2. The van der Waals surface area contributed by atoms with Crippen LogP contribution in [0.3, 0.4) is 0 Å². The van der Waals surface area contributed by atoms with E-state index >= 15 is 0 Å². The molecule has 0 heterocycles. The number of anilines is 1. The van der Waals surface area contributed by atoms with Crippen LogP contribution in [0, 0.1) is 18.8 Å². The minimum absolute atomic E-state index is 0.152. The molecule has 0 aliphatic carbocycles. The maximum Gasteiger partial charge on any atom is 0.241 e. The van der Waals surface area contributed by atoms with E-state index in [2.05, 4.69) is 17.2 Å². The number of hydrogen-bond donors (Lipinski definition) is 1. The summed E-state index contributed by atoms with van der Waals surface area (Å²) in [5, 5.41) is 2.63. The first-order chi connectivity index (χ1) is 11.9. The fourth-order valence-corrected chi connectivity index (χ4v) is 3.14. The van der Waals surface area contributed by atoms with E-state index in [-0.39, 0.29) is 13.1 Å². The van der Waals surface area contributed by atoms with Crippen molar-refractivity contribution in [3.8, 4) is 11.8 Å². The van der Waals surface area contributed by atoms with Crippen molar-refractivity contribution in [2.75, 3.05) is 23.7 Å². The van der Waals surface area contributed by atoms with E-state index in [1.165, 1.54) is 0 Å². The van der Waals surface area contributed by atoms with Crippen molar-refractivity contribution in [1.82, 2.24) is 5.32 Å². The summed E-state index contributed by atoms with van der Waals surface area (Å²) < 4.78 is 25.2. The highest BCUT2D eigenvalue weighted by molar-refractivity contribution is 7.92. The van der Waals surface area contributed by atoms with Crippen molar-refractivity contribution in [3.05, 3.63) is 65.7 Å². The third kappa shape index (κ3) is 5.66. The van der Waals surface area contributed by atoms with Crippen LogP contribution < -0.4 is 9.62 Å². The monoisotopic (exact) mass is 356 g/mol. The average Bonchev–Trinajstić information content (AvgIpc) is 2.57. The van der Waals surface area contributed by atoms with Gasteiger partial charge in [-0.05, 0) is 30.7 Å². The first-order valence-corrected chi connectivity index (χ1v) is 9.57. The molecule has 0 fully saturated rings.